The highest BCUT2D eigenvalue weighted by Crippen LogP contribution is 2.29. The van der Waals surface area contributed by atoms with Crippen molar-refractivity contribution in [1.29, 1.82) is 0 Å². The van der Waals surface area contributed by atoms with Crippen molar-refractivity contribution in [3.63, 3.8) is 0 Å². The van der Waals surface area contributed by atoms with Gasteiger partial charge >= 0.3 is 0 Å². The molecule has 2 fully saturated rings. The third-order valence-electron chi connectivity index (χ3n) is 6.69. The van der Waals surface area contributed by atoms with E-state index in [0.29, 0.717) is 35.3 Å². The van der Waals surface area contributed by atoms with Gasteiger partial charge in [-0.2, -0.15) is 0 Å². The van der Waals surface area contributed by atoms with Crippen molar-refractivity contribution in [3.8, 4) is 0 Å². The SMILES string of the molecule is CN(C)C(=O)c1ccc(N2CCN(C3CN(C(=O)[C@](C)(O)c4ccccc4)C3)CC2)cc1Cl. The molecular formula is C25H31ClN4O3. The molecule has 4 rings (SSSR count). The van der Waals surface area contributed by atoms with Crippen LogP contribution < -0.4 is 4.90 Å². The van der Waals surface area contributed by atoms with Crippen LogP contribution in [0.2, 0.25) is 5.02 Å². The van der Waals surface area contributed by atoms with Gasteiger partial charge < -0.3 is 19.8 Å². The van der Waals surface area contributed by atoms with E-state index in [1.807, 2.05) is 30.3 Å². The summed E-state index contributed by atoms with van der Waals surface area (Å²) in [5, 5.41) is 11.3. The minimum Gasteiger partial charge on any atom is -0.376 e. The fourth-order valence-electron chi connectivity index (χ4n) is 4.51. The van der Waals surface area contributed by atoms with Gasteiger partial charge in [-0.15, -0.1) is 0 Å². The first-order valence-electron chi connectivity index (χ1n) is 11.3. The lowest BCUT2D eigenvalue weighted by atomic mass is 9.92. The zero-order valence-electron chi connectivity index (χ0n) is 19.4. The lowest BCUT2D eigenvalue weighted by molar-refractivity contribution is -0.158. The molecule has 0 bridgehead atoms. The van der Waals surface area contributed by atoms with Crippen molar-refractivity contribution in [1.82, 2.24) is 14.7 Å². The van der Waals surface area contributed by atoms with Crippen LogP contribution in [0.3, 0.4) is 0 Å². The Balaban J connectivity index is 1.30. The Labute approximate surface area is 200 Å². The monoisotopic (exact) mass is 470 g/mol. The smallest absolute Gasteiger partial charge is 0.258 e. The van der Waals surface area contributed by atoms with Crippen LogP contribution in [0.25, 0.3) is 0 Å². The minimum atomic E-state index is -1.51. The van der Waals surface area contributed by atoms with Gasteiger partial charge in [0.25, 0.3) is 11.8 Å². The number of carbonyl (C=O) groups is 2. The Hall–Kier alpha value is -2.61. The number of hydrogen-bond donors (Lipinski definition) is 1. The Bertz CT molecular complexity index is 1010. The highest BCUT2D eigenvalue weighted by Gasteiger charge is 2.43. The van der Waals surface area contributed by atoms with E-state index in [9.17, 15) is 14.7 Å². The van der Waals surface area contributed by atoms with Crippen LogP contribution >= 0.6 is 11.6 Å². The Morgan fingerprint density at radius 1 is 1.03 bits per heavy atom. The largest absolute Gasteiger partial charge is 0.376 e. The first kappa shape index (κ1) is 23.5. The lowest BCUT2D eigenvalue weighted by Crippen LogP contribution is -2.66. The molecule has 2 heterocycles. The summed E-state index contributed by atoms with van der Waals surface area (Å²) in [6, 6.07) is 15.0. The van der Waals surface area contributed by atoms with Gasteiger partial charge in [-0.1, -0.05) is 41.9 Å². The highest BCUT2D eigenvalue weighted by molar-refractivity contribution is 6.34. The molecule has 0 radical (unpaired) electrons. The molecule has 2 aliphatic heterocycles. The number of aliphatic hydroxyl groups is 1. The molecule has 0 unspecified atom stereocenters. The fourth-order valence-corrected chi connectivity index (χ4v) is 4.76. The maximum atomic E-state index is 12.9. The van der Waals surface area contributed by atoms with Crippen molar-refractivity contribution in [3.05, 3.63) is 64.7 Å². The van der Waals surface area contributed by atoms with Gasteiger partial charge in [0.05, 0.1) is 10.6 Å². The van der Waals surface area contributed by atoms with Gasteiger partial charge in [-0.3, -0.25) is 14.5 Å². The number of benzene rings is 2. The number of anilines is 1. The van der Waals surface area contributed by atoms with Crippen molar-refractivity contribution in [2.45, 2.75) is 18.6 Å². The van der Waals surface area contributed by atoms with Gasteiger partial charge in [0, 0.05) is 65.1 Å². The molecule has 1 atom stereocenters. The van der Waals surface area contributed by atoms with Crippen LogP contribution in [0, 0.1) is 0 Å². The Morgan fingerprint density at radius 2 is 1.67 bits per heavy atom. The molecule has 0 spiro atoms. The van der Waals surface area contributed by atoms with Crippen LogP contribution in [0.15, 0.2) is 48.5 Å². The lowest BCUT2D eigenvalue weighted by Gasteiger charge is -2.49. The van der Waals surface area contributed by atoms with E-state index in [2.05, 4.69) is 9.80 Å². The summed E-state index contributed by atoms with van der Waals surface area (Å²) < 4.78 is 0. The van der Waals surface area contributed by atoms with Crippen molar-refractivity contribution < 1.29 is 14.7 Å². The summed E-state index contributed by atoms with van der Waals surface area (Å²) >= 11 is 6.38. The third-order valence-corrected chi connectivity index (χ3v) is 7.00. The second-order valence-corrected chi connectivity index (χ2v) is 9.60. The first-order chi connectivity index (χ1) is 15.7. The molecule has 2 aliphatic rings. The fraction of sp³-hybridized carbons (Fsp3) is 0.440. The molecule has 2 saturated heterocycles. The molecule has 0 aliphatic carbocycles. The predicted molar refractivity (Wildman–Crippen MR) is 130 cm³/mol. The van der Waals surface area contributed by atoms with Gasteiger partial charge in [0.2, 0.25) is 0 Å². The van der Waals surface area contributed by atoms with Gasteiger partial charge in [0.1, 0.15) is 0 Å². The molecule has 0 saturated carbocycles. The molecule has 7 nitrogen and oxygen atoms in total. The van der Waals surface area contributed by atoms with Crippen molar-refractivity contribution >= 4 is 29.1 Å². The van der Waals surface area contributed by atoms with Crippen LogP contribution in [0.5, 0.6) is 0 Å². The van der Waals surface area contributed by atoms with Crippen LogP contribution in [-0.2, 0) is 10.4 Å². The summed E-state index contributed by atoms with van der Waals surface area (Å²) in [5.41, 5.74) is 0.627. The second-order valence-electron chi connectivity index (χ2n) is 9.19. The number of carbonyl (C=O) groups excluding carboxylic acids is 2. The molecule has 8 heteroatoms. The maximum Gasteiger partial charge on any atom is 0.258 e. The third kappa shape index (κ3) is 4.71. The average molecular weight is 471 g/mol. The normalized spacial score (nSPS) is 19.1. The summed E-state index contributed by atoms with van der Waals surface area (Å²) in [7, 11) is 3.42. The van der Waals surface area contributed by atoms with E-state index in [0.717, 1.165) is 31.9 Å². The van der Waals surface area contributed by atoms with E-state index in [1.165, 1.54) is 4.90 Å². The maximum absolute atomic E-state index is 12.9. The van der Waals surface area contributed by atoms with Gasteiger partial charge in [0.15, 0.2) is 5.60 Å². The van der Waals surface area contributed by atoms with Crippen molar-refractivity contribution in [2.75, 3.05) is 58.3 Å². The zero-order chi connectivity index (χ0) is 23.8. The van der Waals surface area contributed by atoms with E-state index in [4.69, 9.17) is 11.6 Å². The number of piperazine rings is 1. The van der Waals surface area contributed by atoms with E-state index < -0.39 is 5.60 Å². The zero-order valence-corrected chi connectivity index (χ0v) is 20.1. The molecule has 2 aromatic carbocycles. The van der Waals surface area contributed by atoms with E-state index in [1.54, 1.807) is 44.1 Å². The predicted octanol–water partition coefficient (Wildman–Crippen LogP) is 2.28. The minimum absolute atomic E-state index is 0.105. The first-order valence-corrected chi connectivity index (χ1v) is 11.6. The van der Waals surface area contributed by atoms with Crippen molar-refractivity contribution in [2.24, 2.45) is 0 Å². The Kier molecular flexibility index (Phi) is 6.66. The summed E-state index contributed by atoms with van der Waals surface area (Å²) in [6.45, 7) is 6.31. The molecule has 33 heavy (non-hydrogen) atoms. The summed E-state index contributed by atoms with van der Waals surface area (Å²) in [6.07, 6.45) is 0. The highest BCUT2D eigenvalue weighted by atomic mass is 35.5. The average Bonchev–Trinajstić information content (AvgIpc) is 2.78. The molecule has 2 amide bonds. The van der Waals surface area contributed by atoms with Gasteiger partial charge in [-0.25, -0.2) is 0 Å². The topological polar surface area (TPSA) is 67.3 Å². The molecule has 176 valence electrons. The van der Waals surface area contributed by atoms with Gasteiger partial charge in [-0.05, 0) is 30.7 Å². The Morgan fingerprint density at radius 3 is 2.24 bits per heavy atom. The standard InChI is InChI=1S/C25H31ClN4O3/c1-25(33,18-7-5-4-6-8-18)24(32)30-16-20(17-30)29-13-11-28(12-14-29)19-9-10-21(22(26)15-19)23(31)27(2)3/h4-10,15,20,33H,11-14,16-17H2,1-3H3/t25-/m1/s1. The number of halogens is 1. The number of nitrogens with zero attached hydrogens (tertiary/aromatic N) is 4. The van der Waals surface area contributed by atoms with E-state index >= 15 is 0 Å². The number of rotatable bonds is 5. The number of hydrogen-bond acceptors (Lipinski definition) is 5. The van der Waals surface area contributed by atoms with E-state index in [-0.39, 0.29) is 11.8 Å². The van der Waals surface area contributed by atoms with Crippen LogP contribution in [0.1, 0.15) is 22.8 Å². The summed E-state index contributed by atoms with van der Waals surface area (Å²) in [5.74, 6) is -0.350. The second kappa shape index (κ2) is 9.33. The van der Waals surface area contributed by atoms with Crippen LogP contribution in [-0.4, -0.2) is 91.0 Å². The molecular weight excluding hydrogens is 440 g/mol. The summed E-state index contributed by atoms with van der Waals surface area (Å²) in [4.78, 5) is 33.0. The molecule has 0 aromatic heterocycles. The van der Waals surface area contributed by atoms with Crippen LogP contribution in [0.4, 0.5) is 5.69 Å². The molecule has 2 aromatic rings. The quantitative estimate of drug-likeness (QED) is 0.726. The molecule has 1 N–H and O–H groups in total. The number of likely N-dealkylation sites (tertiary alicyclic amines) is 1. The number of amides is 2.